The van der Waals surface area contributed by atoms with Gasteiger partial charge in [-0.2, -0.15) is 0 Å². The second-order valence-corrected chi connectivity index (χ2v) is 4.66. The summed E-state index contributed by atoms with van der Waals surface area (Å²) in [5.74, 6) is 0.354. The number of carbonyl (C=O) groups is 1. The van der Waals surface area contributed by atoms with Crippen LogP contribution in [0.25, 0.3) is 0 Å². The molecule has 0 spiro atoms. The number of allylic oxidation sites excluding steroid dienone is 2. The summed E-state index contributed by atoms with van der Waals surface area (Å²) in [7, 11) is 0. The van der Waals surface area contributed by atoms with E-state index in [4.69, 9.17) is 0 Å². The Kier molecular flexibility index (Phi) is 3.42. The van der Waals surface area contributed by atoms with Gasteiger partial charge in [0.25, 0.3) is 0 Å². The molecular weight excluding hydrogens is 202 g/mol. The second kappa shape index (κ2) is 4.81. The summed E-state index contributed by atoms with van der Waals surface area (Å²) < 4.78 is 0. The lowest BCUT2D eigenvalue weighted by atomic mass is 9.92. The molecule has 1 heterocycles. The van der Waals surface area contributed by atoms with Crippen LogP contribution in [0.1, 0.15) is 51.9 Å². The molecule has 0 bridgehead atoms. The van der Waals surface area contributed by atoms with Crippen LogP contribution in [-0.2, 0) is 4.79 Å². The molecule has 1 N–H and O–H groups in total. The summed E-state index contributed by atoms with van der Waals surface area (Å²) in [5, 5.41) is 9.79. The molecule has 2 aliphatic rings. The van der Waals surface area contributed by atoms with Crippen molar-refractivity contribution in [1.29, 1.82) is 0 Å². The van der Waals surface area contributed by atoms with E-state index in [1.54, 1.807) is 0 Å². The minimum absolute atomic E-state index is 0.0830. The molecule has 0 radical (unpaired) electrons. The number of Topliss-reactive ketones (excluding diaryl/α,β-unsaturated/α-hetero) is 1. The number of aliphatic hydroxyl groups excluding tert-OH is 1. The summed E-state index contributed by atoms with van der Waals surface area (Å²) in [6, 6.07) is 0.370. The van der Waals surface area contributed by atoms with Crippen LogP contribution in [0.15, 0.2) is 16.3 Å². The van der Waals surface area contributed by atoms with E-state index in [0.717, 1.165) is 37.8 Å². The van der Waals surface area contributed by atoms with Gasteiger partial charge in [0.05, 0.1) is 11.6 Å². The monoisotopic (exact) mass is 221 g/mol. The van der Waals surface area contributed by atoms with Crippen LogP contribution in [0.5, 0.6) is 0 Å². The van der Waals surface area contributed by atoms with Gasteiger partial charge in [0, 0.05) is 18.6 Å². The van der Waals surface area contributed by atoms with Gasteiger partial charge in [-0.05, 0) is 25.7 Å². The van der Waals surface area contributed by atoms with Crippen LogP contribution in [-0.4, -0.2) is 22.6 Å². The molecule has 88 valence electrons. The van der Waals surface area contributed by atoms with Crippen LogP contribution >= 0.6 is 0 Å². The van der Waals surface area contributed by atoms with Gasteiger partial charge in [0.1, 0.15) is 5.76 Å². The Hall–Kier alpha value is -1.12. The molecular formula is C13H19NO2. The predicted octanol–water partition coefficient (Wildman–Crippen LogP) is 2.96. The van der Waals surface area contributed by atoms with Crippen molar-refractivity contribution in [2.75, 3.05) is 0 Å². The van der Waals surface area contributed by atoms with E-state index in [9.17, 15) is 9.90 Å². The molecule has 3 nitrogen and oxygen atoms in total. The maximum atomic E-state index is 11.8. The quantitative estimate of drug-likeness (QED) is 0.796. The van der Waals surface area contributed by atoms with Crippen LogP contribution in [0.4, 0.5) is 0 Å². The van der Waals surface area contributed by atoms with Crippen molar-refractivity contribution in [3.63, 3.8) is 0 Å². The number of hydrogen-bond acceptors (Lipinski definition) is 3. The fourth-order valence-corrected chi connectivity index (χ4v) is 2.54. The largest absolute Gasteiger partial charge is 0.511 e. The molecule has 0 saturated carbocycles. The van der Waals surface area contributed by atoms with Crippen LogP contribution in [0.2, 0.25) is 0 Å². The third-order valence-electron chi connectivity index (χ3n) is 3.35. The molecule has 1 aliphatic carbocycles. The van der Waals surface area contributed by atoms with E-state index < -0.39 is 0 Å². The van der Waals surface area contributed by atoms with E-state index >= 15 is 0 Å². The van der Waals surface area contributed by atoms with Gasteiger partial charge in [0.15, 0.2) is 5.78 Å². The SMILES string of the molecule is CCCC1CCC(C2=C(O)CCCC2=O)=N1. The Morgan fingerprint density at radius 2 is 2.19 bits per heavy atom. The van der Waals surface area contributed by atoms with E-state index in [1.807, 2.05) is 0 Å². The third kappa shape index (κ3) is 2.18. The highest BCUT2D eigenvalue weighted by atomic mass is 16.3. The van der Waals surface area contributed by atoms with Gasteiger partial charge in [-0.15, -0.1) is 0 Å². The summed E-state index contributed by atoms with van der Waals surface area (Å²) in [6.45, 7) is 2.15. The smallest absolute Gasteiger partial charge is 0.168 e. The zero-order chi connectivity index (χ0) is 11.5. The Balaban J connectivity index is 2.18. The van der Waals surface area contributed by atoms with Crippen molar-refractivity contribution >= 4 is 11.5 Å². The molecule has 1 atom stereocenters. The standard InChI is InChI=1S/C13H19NO2/c1-2-4-9-7-8-10(14-9)13-11(15)5-3-6-12(13)16/h9,15H,2-8H2,1H3. The maximum absolute atomic E-state index is 11.8. The lowest BCUT2D eigenvalue weighted by molar-refractivity contribution is -0.115. The second-order valence-electron chi connectivity index (χ2n) is 4.66. The molecule has 3 heteroatoms. The van der Waals surface area contributed by atoms with Crippen molar-refractivity contribution in [2.45, 2.75) is 57.9 Å². The Morgan fingerprint density at radius 3 is 2.88 bits per heavy atom. The fourth-order valence-electron chi connectivity index (χ4n) is 2.54. The molecule has 1 aliphatic heterocycles. The summed E-state index contributed by atoms with van der Waals surface area (Å²) in [5.41, 5.74) is 1.41. The maximum Gasteiger partial charge on any atom is 0.168 e. The third-order valence-corrected chi connectivity index (χ3v) is 3.35. The number of ketones is 1. The van der Waals surface area contributed by atoms with E-state index in [-0.39, 0.29) is 11.5 Å². The topological polar surface area (TPSA) is 49.7 Å². The van der Waals surface area contributed by atoms with E-state index in [0.29, 0.717) is 24.5 Å². The zero-order valence-electron chi connectivity index (χ0n) is 9.83. The van der Waals surface area contributed by atoms with Crippen molar-refractivity contribution < 1.29 is 9.90 Å². The molecule has 0 aromatic carbocycles. The first-order valence-electron chi connectivity index (χ1n) is 6.24. The van der Waals surface area contributed by atoms with Crippen molar-refractivity contribution in [3.8, 4) is 0 Å². The first-order valence-corrected chi connectivity index (χ1v) is 6.24. The van der Waals surface area contributed by atoms with Gasteiger partial charge in [0.2, 0.25) is 0 Å². The summed E-state index contributed by atoms with van der Waals surface area (Å²) >= 11 is 0. The average Bonchev–Trinajstić information content (AvgIpc) is 2.67. The molecule has 2 rings (SSSR count). The van der Waals surface area contributed by atoms with Gasteiger partial charge in [-0.3, -0.25) is 9.79 Å². The van der Waals surface area contributed by atoms with Gasteiger partial charge < -0.3 is 5.11 Å². The van der Waals surface area contributed by atoms with E-state index in [1.165, 1.54) is 0 Å². The molecule has 0 fully saturated rings. The lowest BCUT2D eigenvalue weighted by Gasteiger charge is -2.14. The number of aliphatic imine (C=N–C) groups is 1. The van der Waals surface area contributed by atoms with Crippen molar-refractivity contribution in [3.05, 3.63) is 11.3 Å². The predicted molar refractivity (Wildman–Crippen MR) is 63.9 cm³/mol. The molecule has 1 unspecified atom stereocenters. The normalized spacial score (nSPS) is 26.2. The Morgan fingerprint density at radius 1 is 1.38 bits per heavy atom. The molecule has 0 aromatic rings. The highest BCUT2D eigenvalue weighted by Crippen LogP contribution is 2.28. The lowest BCUT2D eigenvalue weighted by Crippen LogP contribution is -2.18. The van der Waals surface area contributed by atoms with Gasteiger partial charge in [-0.1, -0.05) is 13.3 Å². The summed E-state index contributed by atoms with van der Waals surface area (Å²) in [6.07, 6.45) is 6.09. The Labute approximate surface area is 96.3 Å². The molecule has 0 aromatic heterocycles. The minimum Gasteiger partial charge on any atom is -0.511 e. The zero-order valence-corrected chi connectivity index (χ0v) is 9.83. The van der Waals surface area contributed by atoms with Crippen molar-refractivity contribution in [2.24, 2.45) is 4.99 Å². The van der Waals surface area contributed by atoms with Crippen LogP contribution in [0, 0.1) is 0 Å². The molecule has 0 amide bonds. The van der Waals surface area contributed by atoms with Gasteiger partial charge in [-0.25, -0.2) is 0 Å². The van der Waals surface area contributed by atoms with Gasteiger partial charge >= 0.3 is 0 Å². The van der Waals surface area contributed by atoms with Crippen molar-refractivity contribution in [1.82, 2.24) is 0 Å². The van der Waals surface area contributed by atoms with Crippen LogP contribution < -0.4 is 0 Å². The number of nitrogens with zero attached hydrogens (tertiary/aromatic N) is 1. The number of carbonyl (C=O) groups excluding carboxylic acids is 1. The highest BCUT2D eigenvalue weighted by molar-refractivity contribution is 6.23. The number of hydrogen-bond donors (Lipinski definition) is 1. The first-order chi connectivity index (χ1) is 7.72. The molecule has 16 heavy (non-hydrogen) atoms. The van der Waals surface area contributed by atoms with Crippen LogP contribution in [0.3, 0.4) is 0 Å². The summed E-state index contributed by atoms with van der Waals surface area (Å²) in [4.78, 5) is 16.3. The fraction of sp³-hybridized carbons (Fsp3) is 0.692. The Bertz CT molecular complexity index is 355. The number of rotatable bonds is 3. The highest BCUT2D eigenvalue weighted by Gasteiger charge is 2.28. The molecule has 0 saturated heterocycles. The average molecular weight is 221 g/mol. The first kappa shape index (κ1) is 11.4. The minimum atomic E-state index is 0.0830. The van der Waals surface area contributed by atoms with E-state index in [2.05, 4.69) is 11.9 Å². The number of aliphatic hydroxyl groups is 1.